The number of nitrogens with two attached hydrogens (primary N) is 1. The highest BCUT2D eigenvalue weighted by Crippen LogP contribution is 2.41. The molecule has 3 N–H and O–H groups in total. The van der Waals surface area contributed by atoms with Gasteiger partial charge in [0.1, 0.15) is 0 Å². The van der Waals surface area contributed by atoms with E-state index in [4.69, 9.17) is 22.7 Å². The van der Waals surface area contributed by atoms with Crippen LogP contribution in [0.1, 0.15) is 38.5 Å². The molecule has 17 heavy (non-hydrogen) atoms. The molecule has 0 spiro atoms. The summed E-state index contributed by atoms with van der Waals surface area (Å²) >= 11 is 5.01. The zero-order valence-corrected chi connectivity index (χ0v) is 10.9. The molecule has 1 saturated heterocycles. The van der Waals surface area contributed by atoms with Crippen molar-refractivity contribution in [3.05, 3.63) is 0 Å². The van der Waals surface area contributed by atoms with Crippen LogP contribution in [0.4, 0.5) is 0 Å². The molecule has 2 rings (SSSR count). The Hall–Kier alpha value is -0.680. The smallest absolute Gasteiger partial charge is 0.233 e. The highest BCUT2D eigenvalue weighted by atomic mass is 32.1. The molecular formula is C12H20N2O2S. The van der Waals surface area contributed by atoms with Crippen LogP contribution < -0.4 is 11.1 Å². The van der Waals surface area contributed by atoms with Gasteiger partial charge in [-0.05, 0) is 32.1 Å². The van der Waals surface area contributed by atoms with Crippen molar-refractivity contribution >= 4 is 23.1 Å². The van der Waals surface area contributed by atoms with Crippen molar-refractivity contribution in [2.75, 3.05) is 13.2 Å². The number of carbonyl (C=O) groups is 1. The first-order valence-electron chi connectivity index (χ1n) is 6.35. The van der Waals surface area contributed by atoms with Gasteiger partial charge in [0.05, 0.1) is 16.5 Å². The van der Waals surface area contributed by atoms with Crippen molar-refractivity contribution in [3.63, 3.8) is 0 Å². The summed E-state index contributed by atoms with van der Waals surface area (Å²) in [5.74, 6) is 0.00856. The lowest BCUT2D eigenvalue weighted by molar-refractivity contribution is -0.130. The second-order valence-corrected chi connectivity index (χ2v) is 5.42. The lowest BCUT2D eigenvalue weighted by Gasteiger charge is -2.39. The van der Waals surface area contributed by atoms with E-state index in [0.717, 1.165) is 45.1 Å². The zero-order chi connectivity index (χ0) is 12.3. The maximum Gasteiger partial charge on any atom is 0.233 e. The van der Waals surface area contributed by atoms with E-state index in [1.54, 1.807) is 0 Å². The molecule has 1 saturated carbocycles. The highest BCUT2D eigenvalue weighted by Gasteiger charge is 2.46. The van der Waals surface area contributed by atoms with Crippen molar-refractivity contribution in [2.24, 2.45) is 11.1 Å². The van der Waals surface area contributed by atoms with Crippen LogP contribution in [0.5, 0.6) is 0 Å². The molecule has 1 aliphatic carbocycles. The average Bonchev–Trinajstić information content (AvgIpc) is 2.67. The average molecular weight is 256 g/mol. The molecule has 1 amide bonds. The Labute approximate surface area is 107 Å². The van der Waals surface area contributed by atoms with Crippen LogP contribution in [0.25, 0.3) is 0 Å². The molecule has 2 fully saturated rings. The minimum atomic E-state index is -0.550. The van der Waals surface area contributed by atoms with Crippen LogP contribution in [0.15, 0.2) is 0 Å². The van der Waals surface area contributed by atoms with Crippen LogP contribution >= 0.6 is 12.2 Å². The minimum Gasteiger partial charge on any atom is -0.392 e. The summed E-state index contributed by atoms with van der Waals surface area (Å²) in [5, 5.41) is 2.95. The number of rotatable bonds is 5. The van der Waals surface area contributed by atoms with Gasteiger partial charge in [-0.25, -0.2) is 0 Å². The Morgan fingerprint density at radius 1 is 1.47 bits per heavy atom. The molecule has 1 unspecified atom stereocenters. The van der Waals surface area contributed by atoms with Crippen molar-refractivity contribution in [1.29, 1.82) is 0 Å². The first-order chi connectivity index (χ1) is 8.15. The van der Waals surface area contributed by atoms with Crippen molar-refractivity contribution in [1.82, 2.24) is 5.32 Å². The van der Waals surface area contributed by atoms with E-state index >= 15 is 0 Å². The van der Waals surface area contributed by atoms with Crippen LogP contribution in [0, 0.1) is 5.41 Å². The first-order valence-corrected chi connectivity index (χ1v) is 6.76. The second-order valence-electron chi connectivity index (χ2n) is 4.98. The van der Waals surface area contributed by atoms with Gasteiger partial charge in [0.2, 0.25) is 5.91 Å². The highest BCUT2D eigenvalue weighted by molar-refractivity contribution is 7.80. The normalized spacial score (nSPS) is 26.2. The number of hydrogen-bond donors (Lipinski definition) is 2. The topological polar surface area (TPSA) is 64.4 Å². The maximum atomic E-state index is 12.0. The molecule has 0 aromatic heterocycles. The first kappa shape index (κ1) is 12.8. The molecule has 2 aliphatic rings. The van der Waals surface area contributed by atoms with Gasteiger partial charge in [0.15, 0.2) is 0 Å². The Balaban J connectivity index is 1.74. The maximum absolute atomic E-state index is 12.0. The van der Waals surface area contributed by atoms with E-state index in [9.17, 15) is 4.79 Å². The number of thiocarbonyl (C=S) groups is 1. The molecule has 0 aromatic carbocycles. The quantitative estimate of drug-likeness (QED) is 0.724. The SMILES string of the molecule is NC(=S)C1(C(=O)NCCC2CCCO2)CCC1. The summed E-state index contributed by atoms with van der Waals surface area (Å²) in [4.78, 5) is 12.4. The summed E-state index contributed by atoms with van der Waals surface area (Å²) < 4.78 is 5.51. The van der Waals surface area contributed by atoms with Crippen molar-refractivity contribution < 1.29 is 9.53 Å². The van der Waals surface area contributed by atoms with Gasteiger partial charge >= 0.3 is 0 Å². The van der Waals surface area contributed by atoms with Gasteiger partial charge in [-0.3, -0.25) is 4.79 Å². The van der Waals surface area contributed by atoms with E-state index in [1.807, 2.05) is 0 Å². The third-order valence-corrected chi connectivity index (χ3v) is 4.28. The van der Waals surface area contributed by atoms with Gasteiger partial charge in [0, 0.05) is 13.2 Å². The van der Waals surface area contributed by atoms with Crippen LogP contribution in [-0.4, -0.2) is 30.2 Å². The predicted molar refractivity (Wildman–Crippen MR) is 69.7 cm³/mol. The lowest BCUT2D eigenvalue weighted by atomic mass is 9.68. The monoisotopic (exact) mass is 256 g/mol. The molecule has 1 aliphatic heterocycles. The third-order valence-electron chi connectivity index (χ3n) is 3.89. The lowest BCUT2D eigenvalue weighted by Crippen LogP contribution is -2.53. The summed E-state index contributed by atoms with van der Waals surface area (Å²) in [6.07, 6.45) is 6.08. The summed E-state index contributed by atoms with van der Waals surface area (Å²) in [6.45, 7) is 1.52. The minimum absolute atomic E-state index is 0.00856. The molecule has 4 nitrogen and oxygen atoms in total. The molecule has 1 heterocycles. The fourth-order valence-corrected chi connectivity index (χ4v) is 2.80. The van der Waals surface area contributed by atoms with E-state index in [2.05, 4.69) is 5.32 Å². The fourth-order valence-electron chi connectivity index (χ4n) is 2.50. The third kappa shape index (κ3) is 2.60. The van der Waals surface area contributed by atoms with Crippen molar-refractivity contribution in [2.45, 2.75) is 44.6 Å². The predicted octanol–water partition coefficient (Wildman–Crippen LogP) is 1.13. The number of carbonyl (C=O) groups excluding carboxylic acids is 1. The summed E-state index contributed by atoms with van der Waals surface area (Å²) in [7, 11) is 0. The number of nitrogens with one attached hydrogen (secondary N) is 1. The van der Waals surface area contributed by atoms with Gasteiger partial charge < -0.3 is 15.8 Å². The largest absolute Gasteiger partial charge is 0.392 e. The number of hydrogen-bond acceptors (Lipinski definition) is 3. The van der Waals surface area contributed by atoms with E-state index in [0.29, 0.717) is 17.6 Å². The van der Waals surface area contributed by atoms with Gasteiger partial charge in [-0.15, -0.1) is 0 Å². The molecule has 0 radical (unpaired) electrons. The van der Waals surface area contributed by atoms with Gasteiger partial charge in [-0.1, -0.05) is 18.6 Å². The summed E-state index contributed by atoms with van der Waals surface area (Å²) in [5.41, 5.74) is 5.12. The van der Waals surface area contributed by atoms with Gasteiger partial charge in [-0.2, -0.15) is 0 Å². The number of amides is 1. The summed E-state index contributed by atoms with van der Waals surface area (Å²) in [6, 6.07) is 0. The fraction of sp³-hybridized carbons (Fsp3) is 0.833. The molecular weight excluding hydrogens is 236 g/mol. The number of ether oxygens (including phenoxy) is 1. The standard InChI is InChI=1S/C12H20N2O2S/c13-10(17)12(5-2-6-12)11(15)14-7-4-9-3-1-8-16-9/h9H,1-8H2,(H2,13,17)(H,14,15). The molecule has 0 aromatic rings. The van der Waals surface area contributed by atoms with E-state index < -0.39 is 5.41 Å². The Kier molecular flexibility index (Phi) is 3.99. The molecule has 1 atom stereocenters. The van der Waals surface area contributed by atoms with Crippen LogP contribution in [-0.2, 0) is 9.53 Å². The molecule has 96 valence electrons. The Morgan fingerprint density at radius 2 is 2.24 bits per heavy atom. The Bertz CT molecular complexity index is 310. The van der Waals surface area contributed by atoms with E-state index in [-0.39, 0.29) is 5.91 Å². The second kappa shape index (κ2) is 5.31. The Morgan fingerprint density at radius 3 is 2.71 bits per heavy atom. The van der Waals surface area contributed by atoms with Gasteiger partial charge in [0.25, 0.3) is 0 Å². The molecule has 5 heteroatoms. The molecule has 0 bridgehead atoms. The van der Waals surface area contributed by atoms with Crippen LogP contribution in [0.3, 0.4) is 0 Å². The van der Waals surface area contributed by atoms with Crippen LogP contribution in [0.2, 0.25) is 0 Å². The van der Waals surface area contributed by atoms with E-state index in [1.165, 1.54) is 0 Å². The zero-order valence-electron chi connectivity index (χ0n) is 10.0. The van der Waals surface area contributed by atoms with Crippen molar-refractivity contribution in [3.8, 4) is 0 Å².